The highest BCUT2D eigenvalue weighted by Crippen LogP contribution is 2.26. The topological polar surface area (TPSA) is 52.6 Å². The highest BCUT2D eigenvalue weighted by molar-refractivity contribution is 9.11. The average molecular weight is 380 g/mol. The zero-order chi connectivity index (χ0) is 13.7. The second-order valence-corrected chi connectivity index (χ2v) is 5.89. The van der Waals surface area contributed by atoms with Crippen molar-refractivity contribution in [3.8, 4) is 0 Å². The number of rotatable bonds is 5. The molecule has 6 heteroatoms. The molecule has 18 heavy (non-hydrogen) atoms. The number of likely N-dealkylation sites (N-methyl/N-ethyl adjacent to an activating group) is 1. The molecule has 0 bridgehead atoms. The summed E-state index contributed by atoms with van der Waals surface area (Å²) in [5, 5.41) is 11.8. The molecule has 1 aromatic carbocycles. The Morgan fingerprint density at radius 1 is 1.50 bits per heavy atom. The summed E-state index contributed by atoms with van der Waals surface area (Å²) in [4.78, 5) is 13.6. The number of carbonyl (C=O) groups excluding carboxylic acids is 1. The summed E-state index contributed by atoms with van der Waals surface area (Å²) < 4.78 is 1.77. The van der Waals surface area contributed by atoms with Gasteiger partial charge in [0, 0.05) is 15.0 Å². The van der Waals surface area contributed by atoms with Gasteiger partial charge < -0.3 is 10.4 Å². The van der Waals surface area contributed by atoms with Crippen LogP contribution in [0.15, 0.2) is 27.1 Å². The number of nitrogens with one attached hydrogen (secondary N) is 1. The Bertz CT molecular complexity index is 427. The molecule has 0 radical (unpaired) electrons. The molecule has 0 aliphatic rings. The minimum atomic E-state index is -0.110. The number of aliphatic hydroxyl groups excluding tert-OH is 1. The predicted molar refractivity (Wildman–Crippen MR) is 79.6 cm³/mol. The summed E-state index contributed by atoms with van der Waals surface area (Å²) >= 11 is 6.74. The lowest BCUT2D eigenvalue weighted by molar-refractivity contribution is -0.117. The van der Waals surface area contributed by atoms with E-state index in [4.69, 9.17) is 5.11 Å². The zero-order valence-electron chi connectivity index (χ0n) is 10.3. The van der Waals surface area contributed by atoms with Gasteiger partial charge in [-0.25, -0.2) is 0 Å². The van der Waals surface area contributed by atoms with Crippen molar-refractivity contribution in [1.29, 1.82) is 0 Å². The van der Waals surface area contributed by atoms with Gasteiger partial charge in [-0.15, -0.1) is 0 Å². The Hall–Kier alpha value is -0.430. The van der Waals surface area contributed by atoms with Gasteiger partial charge >= 0.3 is 0 Å². The highest BCUT2D eigenvalue weighted by Gasteiger charge is 2.13. The number of benzene rings is 1. The lowest BCUT2D eigenvalue weighted by Gasteiger charge is -2.22. The molecule has 1 rings (SSSR count). The molecule has 0 spiro atoms. The lowest BCUT2D eigenvalue weighted by Crippen LogP contribution is -2.38. The molecule has 0 saturated heterocycles. The predicted octanol–water partition coefficient (Wildman–Crippen LogP) is 2.46. The molecule has 1 unspecified atom stereocenters. The van der Waals surface area contributed by atoms with Crippen molar-refractivity contribution in [2.24, 2.45) is 0 Å². The van der Waals surface area contributed by atoms with Crippen LogP contribution >= 0.6 is 31.9 Å². The van der Waals surface area contributed by atoms with E-state index in [-0.39, 0.29) is 25.1 Å². The molecule has 100 valence electrons. The summed E-state index contributed by atoms with van der Waals surface area (Å²) in [7, 11) is 1.80. The molecule has 1 aromatic rings. The van der Waals surface area contributed by atoms with Crippen LogP contribution in [-0.4, -0.2) is 42.2 Å². The third kappa shape index (κ3) is 4.68. The Labute approximate surface area is 124 Å². The number of aliphatic hydroxyl groups is 1. The molecule has 1 atom stereocenters. The second-order valence-electron chi connectivity index (χ2n) is 4.12. The Balaban J connectivity index is 2.59. The fourth-order valence-corrected chi connectivity index (χ4v) is 2.45. The molecule has 0 aliphatic carbocycles. The number of amides is 1. The van der Waals surface area contributed by atoms with Gasteiger partial charge in [-0.2, -0.15) is 0 Å². The second kappa shape index (κ2) is 7.23. The molecule has 4 nitrogen and oxygen atoms in total. The van der Waals surface area contributed by atoms with Crippen LogP contribution in [0.2, 0.25) is 0 Å². The van der Waals surface area contributed by atoms with Gasteiger partial charge in [0.2, 0.25) is 5.91 Å². The van der Waals surface area contributed by atoms with Crippen LogP contribution in [0.4, 0.5) is 5.69 Å². The van der Waals surface area contributed by atoms with Gasteiger partial charge in [-0.1, -0.05) is 15.9 Å². The first-order valence-electron chi connectivity index (χ1n) is 5.50. The standard InChI is InChI=1S/C12H16Br2N2O2/c1-8(7-17)16(2)6-12(18)15-11-4-3-9(13)5-10(11)14/h3-5,8,17H,6-7H2,1-2H3,(H,15,18). The number of hydrogen-bond donors (Lipinski definition) is 2. The van der Waals surface area contributed by atoms with Gasteiger partial charge in [-0.05, 0) is 48.1 Å². The van der Waals surface area contributed by atoms with Gasteiger partial charge in [0.25, 0.3) is 0 Å². The smallest absolute Gasteiger partial charge is 0.238 e. The van der Waals surface area contributed by atoms with Crippen LogP contribution in [0, 0.1) is 0 Å². The van der Waals surface area contributed by atoms with E-state index in [2.05, 4.69) is 37.2 Å². The maximum atomic E-state index is 11.8. The zero-order valence-corrected chi connectivity index (χ0v) is 13.5. The first kappa shape index (κ1) is 15.6. The lowest BCUT2D eigenvalue weighted by atomic mass is 10.3. The van der Waals surface area contributed by atoms with Crippen molar-refractivity contribution in [3.63, 3.8) is 0 Å². The van der Waals surface area contributed by atoms with E-state index in [9.17, 15) is 4.79 Å². The largest absolute Gasteiger partial charge is 0.395 e. The molecule has 0 fully saturated rings. The monoisotopic (exact) mass is 378 g/mol. The molecule has 0 aliphatic heterocycles. The fraction of sp³-hybridized carbons (Fsp3) is 0.417. The van der Waals surface area contributed by atoms with Crippen LogP contribution in [-0.2, 0) is 4.79 Å². The number of nitrogens with zero attached hydrogens (tertiary/aromatic N) is 1. The Morgan fingerprint density at radius 2 is 2.17 bits per heavy atom. The van der Waals surface area contributed by atoms with Crippen molar-refractivity contribution in [2.45, 2.75) is 13.0 Å². The summed E-state index contributed by atoms with van der Waals surface area (Å²) in [5.41, 5.74) is 0.730. The van der Waals surface area contributed by atoms with Crippen LogP contribution < -0.4 is 5.32 Å². The normalized spacial score (nSPS) is 12.6. The molecule has 0 heterocycles. The van der Waals surface area contributed by atoms with Crippen molar-refractivity contribution in [1.82, 2.24) is 4.90 Å². The molecule has 2 N–H and O–H groups in total. The molecular weight excluding hydrogens is 364 g/mol. The van der Waals surface area contributed by atoms with Gasteiger partial charge in [0.15, 0.2) is 0 Å². The quantitative estimate of drug-likeness (QED) is 0.826. The average Bonchev–Trinajstić information content (AvgIpc) is 2.31. The van der Waals surface area contributed by atoms with Crippen LogP contribution in [0.25, 0.3) is 0 Å². The minimum Gasteiger partial charge on any atom is -0.395 e. The fourth-order valence-electron chi connectivity index (χ4n) is 1.30. The van der Waals surface area contributed by atoms with E-state index < -0.39 is 0 Å². The molecular formula is C12H16Br2N2O2. The maximum Gasteiger partial charge on any atom is 0.238 e. The number of halogens is 2. The minimum absolute atomic E-state index is 0.0335. The van der Waals surface area contributed by atoms with Gasteiger partial charge in [-0.3, -0.25) is 9.69 Å². The Kier molecular flexibility index (Phi) is 6.28. The molecule has 0 aromatic heterocycles. The van der Waals surface area contributed by atoms with Crippen LogP contribution in [0.3, 0.4) is 0 Å². The Morgan fingerprint density at radius 3 is 2.72 bits per heavy atom. The van der Waals surface area contributed by atoms with Crippen molar-refractivity contribution in [2.75, 3.05) is 25.5 Å². The summed E-state index contributed by atoms with van der Waals surface area (Å²) in [6.07, 6.45) is 0. The van der Waals surface area contributed by atoms with Gasteiger partial charge in [0.1, 0.15) is 0 Å². The number of hydrogen-bond acceptors (Lipinski definition) is 3. The van der Waals surface area contributed by atoms with E-state index in [1.807, 2.05) is 25.1 Å². The van der Waals surface area contributed by atoms with E-state index in [1.54, 1.807) is 11.9 Å². The summed E-state index contributed by atoms with van der Waals surface area (Å²) in [6.45, 7) is 2.14. The molecule has 1 amide bonds. The van der Waals surface area contributed by atoms with E-state index in [1.165, 1.54) is 0 Å². The van der Waals surface area contributed by atoms with E-state index in [0.717, 1.165) is 14.6 Å². The third-order valence-electron chi connectivity index (χ3n) is 2.61. The molecule has 0 saturated carbocycles. The van der Waals surface area contributed by atoms with Crippen LogP contribution in [0.1, 0.15) is 6.92 Å². The van der Waals surface area contributed by atoms with E-state index in [0.29, 0.717) is 0 Å². The maximum absolute atomic E-state index is 11.8. The van der Waals surface area contributed by atoms with Crippen LogP contribution in [0.5, 0.6) is 0 Å². The first-order valence-corrected chi connectivity index (χ1v) is 7.08. The van der Waals surface area contributed by atoms with Crippen molar-refractivity contribution >= 4 is 43.5 Å². The summed E-state index contributed by atoms with van der Waals surface area (Å²) in [6, 6.07) is 5.52. The van der Waals surface area contributed by atoms with Crippen molar-refractivity contribution < 1.29 is 9.90 Å². The third-order valence-corrected chi connectivity index (χ3v) is 3.76. The summed E-state index contributed by atoms with van der Waals surface area (Å²) in [5.74, 6) is -0.110. The SMILES string of the molecule is CC(CO)N(C)CC(=O)Nc1ccc(Br)cc1Br. The van der Waals surface area contributed by atoms with Gasteiger partial charge in [0.05, 0.1) is 18.8 Å². The van der Waals surface area contributed by atoms with Crippen molar-refractivity contribution in [3.05, 3.63) is 27.1 Å². The highest BCUT2D eigenvalue weighted by atomic mass is 79.9. The number of carbonyl (C=O) groups is 1. The van der Waals surface area contributed by atoms with E-state index >= 15 is 0 Å². The first-order chi connectivity index (χ1) is 8.43. The number of anilines is 1.